The first-order chi connectivity index (χ1) is 12.0. The predicted molar refractivity (Wildman–Crippen MR) is 92.7 cm³/mol. The molecule has 2 aliphatic rings. The summed E-state index contributed by atoms with van der Waals surface area (Å²) in [5.41, 5.74) is 2.81. The van der Waals surface area contributed by atoms with Gasteiger partial charge < -0.3 is 19.2 Å². The summed E-state index contributed by atoms with van der Waals surface area (Å²) in [7, 11) is 0. The summed E-state index contributed by atoms with van der Waals surface area (Å²) in [5.74, 6) is 1.08. The molecule has 0 saturated carbocycles. The van der Waals surface area contributed by atoms with Gasteiger partial charge >= 0.3 is 0 Å². The molecule has 2 aliphatic heterocycles. The van der Waals surface area contributed by atoms with E-state index in [-0.39, 0.29) is 5.91 Å². The molecule has 2 aromatic rings. The third-order valence-corrected chi connectivity index (χ3v) is 5.57. The van der Waals surface area contributed by atoms with E-state index >= 15 is 0 Å². The van der Waals surface area contributed by atoms with Crippen molar-refractivity contribution >= 4 is 5.91 Å². The number of piperidine rings is 1. The number of ether oxygens (including phenoxy) is 1. The van der Waals surface area contributed by atoms with Crippen molar-refractivity contribution in [2.75, 3.05) is 13.1 Å². The minimum atomic E-state index is -0.518. The average Bonchev–Trinajstić information content (AvgIpc) is 3.11. The number of likely N-dealkylation sites (tertiary alicyclic amines) is 1. The van der Waals surface area contributed by atoms with Crippen LogP contribution in [-0.2, 0) is 0 Å². The van der Waals surface area contributed by atoms with Gasteiger partial charge in [-0.05, 0) is 49.2 Å². The lowest BCUT2D eigenvalue weighted by molar-refractivity contribution is -0.0499. The SMILES string of the molecule is Cc1cc2c(cc1C)[C@H](O)CC1(CCN(C(=O)c3ccco3)CC1)O2. The summed E-state index contributed by atoms with van der Waals surface area (Å²) < 4.78 is 11.6. The highest BCUT2D eigenvalue weighted by molar-refractivity contribution is 5.91. The molecular weight excluding hydrogens is 318 g/mol. The Morgan fingerprint density at radius 2 is 1.96 bits per heavy atom. The van der Waals surface area contributed by atoms with E-state index in [1.54, 1.807) is 17.0 Å². The van der Waals surface area contributed by atoms with Crippen LogP contribution in [0.15, 0.2) is 34.9 Å². The summed E-state index contributed by atoms with van der Waals surface area (Å²) in [6.07, 6.45) is 2.99. The molecule has 132 valence electrons. The van der Waals surface area contributed by atoms with E-state index in [4.69, 9.17) is 9.15 Å². The smallest absolute Gasteiger partial charge is 0.289 e. The van der Waals surface area contributed by atoms with Crippen LogP contribution >= 0.6 is 0 Å². The minimum Gasteiger partial charge on any atom is -0.487 e. The standard InChI is InChI=1S/C20H23NO4/c1-13-10-15-16(22)12-20(25-18(15)11-14(13)2)5-7-21(8-6-20)19(23)17-4-3-9-24-17/h3-4,9-11,16,22H,5-8,12H2,1-2H3/t16-/m1/s1. The molecule has 0 aliphatic carbocycles. The summed E-state index contributed by atoms with van der Waals surface area (Å²) in [6, 6.07) is 7.46. The Labute approximate surface area is 147 Å². The number of benzene rings is 1. The maximum Gasteiger partial charge on any atom is 0.289 e. The van der Waals surface area contributed by atoms with E-state index < -0.39 is 11.7 Å². The lowest BCUT2D eigenvalue weighted by Gasteiger charge is -2.46. The first-order valence-corrected chi connectivity index (χ1v) is 8.78. The summed E-state index contributed by atoms with van der Waals surface area (Å²) >= 11 is 0. The van der Waals surface area contributed by atoms with Gasteiger partial charge in [0.2, 0.25) is 0 Å². The second-order valence-corrected chi connectivity index (χ2v) is 7.25. The van der Waals surface area contributed by atoms with Crippen molar-refractivity contribution in [3.05, 3.63) is 53.0 Å². The molecule has 4 rings (SSSR count). The number of carbonyl (C=O) groups is 1. The molecule has 0 bridgehead atoms. The van der Waals surface area contributed by atoms with E-state index in [2.05, 4.69) is 6.92 Å². The fraction of sp³-hybridized carbons (Fsp3) is 0.450. The first-order valence-electron chi connectivity index (χ1n) is 8.78. The van der Waals surface area contributed by atoms with Gasteiger partial charge in [-0.15, -0.1) is 0 Å². The summed E-state index contributed by atoms with van der Waals surface area (Å²) in [5, 5.41) is 10.6. The van der Waals surface area contributed by atoms with E-state index in [1.807, 2.05) is 19.1 Å². The molecule has 1 fully saturated rings. The number of furan rings is 1. The Morgan fingerprint density at radius 3 is 2.64 bits per heavy atom. The largest absolute Gasteiger partial charge is 0.487 e. The quantitative estimate of drug-likeness (QED) is 0.864. The minimum absolute atomic E-state index is 0.0805. The van der Waals surface area contributed by atoms with Crippen molar-refractivity contribution in [3.8, 4) is 5.75 Å². The van der Waals surface area contributed by atoms with E-state index in [9.17, 15) is 9.90 Å². The van der Waals surface area contributed by atoms with Gasteiger partial charge in [0.15, 0.2) is 5.76 Å². The van der Waals surface area contributed by atoms with E-state index in [1.165, 1.54) is 6.26 Å². The molecule has 1 aromatic carbocycles. The molecule has 1 saturated heterocycles. The lowest BCUT2D eigenvalue weighted by atomic mass is 9.81. The fourth-order valence-electron chi connectivity index (χ4n) is 3.88. The van der Waals surface area contributed by atoms with Crippen LogP contribution < -0.4 is 4.74 Å². The molecule has 1 spiro atoms. The average molecular weight is 341 g/mol. The second kappa shape index (κ2) is 5.92. The summed E-state index contributed by atoms with van der Waals surface area (Å²) in [6.45, 7) is 5.31. The van der Waals surface area contributed by atoms with E-state index in [0.717, 1.165) is 22.4 Å². The van der Waals surface area contributed by atoms with Crippen LogP contribution in [0.3, 0.4) is 0 Å². The van der Waals surface area contributed by atoms with Crippen molar-refractivity contribution in [3.63, 3.8) is 0 Å². The number of aliphatic hydroxyl groups is 1. The monoisotopic (exact) mass is 341 g/mol. The molecule has 1 N–H and O–H groups in total. The number of aryl methyl sites for hydroxylation is 2. The lowest BCUT2D eigenvalue weighted by Crippen LogP contribution is -2.51. The van der Waals surface area contributed by atoms with Gasteiger partial charge in [0.05, 0.1) is 12.4 Å². The van der Waals surface area contributed by atoms with Crippen molar-refractivity contribution in [2.24, 2.45) is 0 Å². The number of amides is 1. The molecule has 1 atom stereocenters. The van der Waals surface area contributed by atoms with E-state index in [0.29, 0.717) is 38.1 Å². The number of rotatable bonds is 1. The molecule has 0 radical (unpaired) electrons. The van der Waals surface area contributed by atoms with Crippen molar-refractivity contribution < 1.29 is 19.1 Å². The van der Waals surface area contributed by atoms with Crippen molar-refractivity contribution in [1.29, 1.82) is 0 Å². The zero-order valence-electron chi connectivity index (χ0n) is 14.6. The Morgan fingerprint density at radius 1 is 1.24 bits per heavy atom. The number of aliphatic hydroxyl groups excluding tert-OH is 1. The maximum absolute atomic E-state index is 12.4. The van der Waals surface area contributed by atoms with Gasteiger partial charge in [-0.25, -0.2) is 0 Å². The van der Waals surface area contributed by atoms with Crippen LogP contribution in [-0.4, -0.2) is 34.6 Å². The van der Waals surface area contributed by atoms with Crippen LogP contribution in [0.2, 0.25) is 0 Å². The van der Waals surface area contributed by atoms with Crippen LogP contribution in [0.5, 0.6) is 5.75 Å². The third kappa shape index (κ3) is 2.82. The maximum atomic E-state index is 12.4. The Bertz CT molecular complexity index is 788. The molecule has 5 nitrogen and oxygen atoms in total. The Kier molecular flexibility index (Phi) is 3.84. The number of nitrogens with zero attached hydrogens (tertiary/aromatic N) is 1. The molecule has 0 unspecified atom stereocenters. The highest BCUT2D eigenvalue weighted by atomic mass is 16.5. The normalized spacial score (nSPS) is 21.7. The highest BCUT2D eigenvalue weighted by Crippen LogP contribution is 2.45. The number of fused-ring (bicyclic) bond motifs is 1. The number of carbonyl (C=O) groups excluding carboxylic acids is 1. The van der Waals surface area contributed by atoms with Gasteiger partial charge in [0.25, 0.3) is 5.91 Å². The predicted octanol–water partition coefficient (Wildman–Crippen LogP) is 3.39. The van der Waals surface area contributed by atoms with Crippen LogP contribution in [0.25, 0.3) is 0 Å². The van der Waals surface area contributed by atoms with Crippen LogP contribution in [0, 0.1) is 13.8 Å². The third-order valence-electron chi connectivity index (χ3n) is 5.57. The van der Waals surface area contributed by atoms with Crippen LogP contribution in [0.1, 0.15) is 52.6 Å². The highest BCUT2D eigenvalue weighted by Gasteiger charge is 2.44. The van der Waals surface area contributed by atoms with Gasteiger partial charge in [-0.1, -0.05) is 0 Å². The molecular formula is C20H23NO4. The zero-order valence-corrected chi connectivity index (χ0v) is 14.6. The number of hydrogen-bond donors (Lipinski definition) is 1. The Hall–Kier alpha value is -2.27. The summed E-state index contributed by atoms with van der Waals surface area (Å²) in [4.78, 5) is 14.2. The van der Waals surface area contributed by atoms with Gasteiger partial charge in [-0.2, -0.15) is 0 Å². The zero-order chi connectivity index (χ0) is 17.6. The van der Waals surface area contributed by atoms with Crippen LogP contribution in [0.4, 0.5) is 0 Å². The van der Waals surface area contributed by atoms with Crippen molar-refractivity contribution in [2.45, 2.75) is 44.8 Å². The van der Waals surface area contributed by atoms with Gasteiger partial charge in [0, 0.05) is 37.9 Å². The topological polar surface area (TPSA) is 62.9 Å². The second-order valence-electron chi connectivity index (χ2n) is 7.25. The van der Waals surface area contributed by atoms with Gasteiger partial charge in [-0.3, -0.25) is 4.79 Å². The van der Waals surface area contributed by atoms with Crippen molar-refractivity contribution in [1.82, 2.24) is 4.90 Å². The molecule has 5 heteroatoms. The molecule has 1 aromatic heterocycles. The number of hydrogen-bond acceptors (Lipinski definition) is 4. The molecule has 1 amide bonds. The fourth-order valence-corrected chi connectivity index (χ4v) is 3.88. The van der Waals surface area contributed by atoms with Gasteiger partial charge in [0.1, 0.15) is 11.4 Å². The molecule has 3 heterocycles. The molecule has 25 heavy (non-hydrogen) atoms. The Balaban J connectivity index is 1.51. The first kappa shape index (κ1) is 16.2.